The van der Waals surface area contributed by atoms with Gasteiger partial charge in [0.25, 0.3) is 17.5 Å². The third kappa shape index (κ3) is 5.16. The van der Waals surface area contributed by atoms with E-state index in [0.29, 0.717) is 5.78 Å². The predicted octanol–water partition coefficient (Wildman–Crippen LogP) is 2.42. The molecular formula is C21H25N5O3. The SMILES string of the molecule is Cc1cc(C)n2nc(C(=O)O[C@H](C)C(=O)N[C@H](C)CCc3ccccc3)nc2n1. The number of carbonyl (C=O) groups is 2. The van der Waals surface area contributed by atoms with Crippen molar-refractivity contribution in [2.24, 2.45) is 0 Å². The predicted molar refractivity (Wildman–Crippen MR) is 108 cm³/mol. The fourth-order valence-corrected chi connectivity index (χ4v) is 2.98. The number of hydrogen-bond donors (Lipinski definition) is 1. The second-order valence-electron chi connectivity index (χ2n) is 7.17. The van der Waals surface area contributed by atoms with Gasteiger partial charge in [-0.15, -0.1) is 5.10 Å². The Kier molecular flexibility index (Phi) is 6.21. The fraction of sp³-hybridized carbons (Fsp3) is 0.381. The van der Waals surface area contributed by atoms with Crippen LogP contribution in [0.3, 0.4) is 0 Å². The zero-order valence-corrected chi connectivity index (χ0v) is 17.0. The maximum absolute atomic E-state index is 12.4. The Morgan fingerprint density at radius 2 is 1.86 bits per heavy atom. The molecule has 0 unspecified atom stereocenters. The van der Waals surface area contributed by atoms with Crippen LogP contribution < -0.4 is 5.32 Å². The van der Waals surface area contributed by atoms with Crippen molar-refractivity contribution in [1.82, 2.24) is 24.9 Å². The van der Waals surface area contributed by atoms with Crippen LogP contribution >= 0.6 is 0 Å². The van der Waals surface area contributed by atoms with Gasteiger partial charge in [0.15, 0.2) is 6.10 Å². The van der Waals surface area contributed by atoms with E-state index in [4.69, 9.17) is 4.74 Å². The first kappa shape index (κ1) is 20.4. The summed E-state index contributed by atoms with van der Waals surface area (Å²) in [5, 5.41) is 7.00. The molecule has 1 N–H and O–H groups in total. The van der Waals surface area contributed by atoms with Crippen molar-refractivity contribution in [3.8, 4) is 0 Å². The van der Waals surface area contributed by atoms with E-state index < -0.39 is 12.1 Å². The molecule has 0 saturated carbocycles. The molecule has 3 aromatic rings. The maximum atomic E-state index is 12.4. The van der Waals surface area contributed by atoms with E-state index >= 15 is 0 Å². The highest BCUT2D eigenvalue weighted by molar-refractivity contribution is 5.89. The summed E-state index contributed by atoms with van der Waals surface area (Å²) < 4.78 is 6.72. The number of hydrogen-bond acceptors (Lipinski definition) is 6. The van der Waals surface area contributed by atoms with Crippen molar-refractivity contribution >= 4 is 17.7 Å². The monoisotopic (exact) mass is 395 g/mol. The van der Waals surface area contributed by atoms with Crippen LogP contribution in [0.25, 0.3) is 5.78 Å². The third-order valence-electron chi connectivity index (χ3n) is 4.55. The van der Waals surface area contributed by atoms with E-state index in [1.54, 1.807) is 0 Å². The van der Waals surface area contributed by atoms with Crippen LogP contribution in [0.2, 0.25) is 0 Å². The third-order valence-corrected chi connectivity index (χ3v) is 4.55. The van der Waals surface area contributed by atoms with Gasteiger partial charge in [-0.05, 0) is 52.2 Å². The van der Waals surface area contributed by atoms with E-state index in [2.05, 4.69) is 32.5 Å². The Hall–Kier alpha value is -3.29. The smallest absolute Gasteiger partial charge is 0.379 e. The van der Waals surface area contributed by atoms with Gasteiger partial charge in [-0.25, -0.2) is 14.3 Å². The summed E-state index contributed by atoms with van der Waals surface area (Å²) in [6.07, 6.45) is 0.686. The Morgan fingerprint density at radius 3 is 2.59 bits per heavy atom. The summed E-state index contributed by atoms with van der Waals surface area (Å²) >= 11 is 0. The molecular weight excluding hydrogens is 370 g/mol. The standard InChI is InChI=1S/C21H25N5O3/c1-13(10-11-17-8-6-5-7-9-17)22-19(27)16(4)29-20(28)18-24-21-23-14(2)12-15(3)26(21)25-18/h5-9,12-13,16H,10-11H2,1-4H3,(H,22,27)/t13-,16-/m1/s1. The molecule has 8 heteroatoms. The molecule has 0 bridgehead atoms. The van der Waals surface area contributed by atoms with Crippen LogP contribution in [0.4, 0.5) is 0 Å². The lowest BCUT2D eigenvalue weighted by atomic mass is 10.1. The first-order valence-corrected chi connectivity index (χ1v) is 9.60. The van der Waals surface area contributed by atoms with Gasteiger partial charge in [-0.3, -0.25) is 4.79 Å². The van der Waals surface area contributed by atoms with Gasteiger partial charge in [-0.2, -0.15) is 4.98 Å². The van der Waals surface area contributed by atoms with Gasteiger partial charge in [0.1, 0.15) is 0 Å². The number of rotatable bonds is 7. The number of esters is 1. The summed E-state index contributed by atoms with van der Waals surface area (Å²) in [4.78, 5) is 33.1. The molecule has 0 fully saturated rings. The molecule has 8 nitrogen and oxygen atoms in total. The Morgan fingerprint density at radius 1 is 1.14 bits per heavy atom. The summed E-state index contributed by atoms with van der Waals surface area (Å²) in [5.41, 5.74) is 2.79. The molecule has 0 spiro atoms. The van der Waals surface area contributed by atoms with Crippen LogP contribution in [0.1, 0.15) is 47.8 Å². The van der Waals surface area contributed by atoms with Crippen molar-refractivity contribution in [2.75, 3.05) is 0 Å². The van der Waals surface area contributed by atoms with E-state index in [-0.39, 0.29) is 17.8 Å². The zero-order valence-electron chi connectivity index (χ0n) is 17.0. The Bertz CT molecular complexity index is 1020. The largest absolute Gasteiger partial charge is 0.447 e. The van der Waals surface area contributed by atoms with Crippen molar-refractivity contribution in [2.45, 2.75) is 52.7 Å². The number of ether oxygens (including phenoxy) is 1. The van der Waals surface area contributed by atoms with Crippen molar-refractivity contribution in [3.05, 3.63) is 59.2 Å². The Labute approximate surface area is 169 Å². The highest BCUT2D eigenvalue weighted by Crippen LogP contribution is 2.08. The van der Waals surface area contributed by atoms with Crippen molar-refractivity contribution < 1.29 is 14.3 Å². The molecule has 3 rings (SSSR count). The number of benzene rings is 1. The molecule has 0 aliphatic carbocycles. The second-order valence-corrected chi connectivity index (χ2v) is 7.17. The molecule has 152 valence electrons. The van der Waals surface area contributed by atoms with Gasteiger partial charge in [0.2, 0.25) is 0 Å². The number of carbonyl (C=O) groups excluding carboxylic acids is 2. The van der Waals surface area contributed by atoms with Gasteiger partial charge in [-0.1, -0.05) is 30.3 Å². The molecule has 29 heavy (non-hydrogen) atoms. The lowest BCUT2D eigenvalue weighted by Gasteiger charge is -2.17. The van der Waals surface area contributed by atoms with Crippen LogP contribution in [0, 0.1) is 13.8 Å². The molecule has 2 atom stereocenters. The minimum Gasteiger partial charge on any atom is -0.447 e. The Balaban J connectivity index is 1.54. The average molecular weight is 395 g/mol. The minimum absolute atomic E-state index is 0.0491. The van der Waals surface area contributed by atoms with Crippen LogP contribution in [-0.4, -0.2) is 43.6 Å². The summed E-state index contributed by atoms with van der Waals surface area (Å²) in [6.45, 7) is 7.14. The molecule has 0 radical (unpaired) electrons. The average Bonchev–Trinajstić information content (AvgIpc) is 3.11. The van der Waals surface area contributed by atoms with Crippen molar-refractivity contribution in [3.63, 3.8) is 0 Å². The van der Waals surface area contributed by atoms with E-state index in [1.807, 2.05) is 45.0 Å². The van der Waals surface area contributed by atoms with E-state index in [0.717, 1.165) is 24.2 Å². The number of amides is 1. The molecule has 1 aromatic carbocycles. The molecule has 0 aliphatic heterocycles. The highest BCUT2D eigenvalue weighted by Gasteiger charge is 2.23. The van der Waals surface area contributed by atoms with Gasteiger partial charge in [0.05, 0.1) is 0 Å². The fourth-order valence-electron chi connectivity index (χ4n) is 2.98. The van der Waals surface area contributed by atoms with Gasteiger partial charge in [0, 0.05) is 17.4 Å². The number of nitrogens with one attached hydrogen (secondary N) is 1. The number of fused-ring (bicyclic) bond motifs is 1. The normalized spacial score (nSPS) is 13.1. The molecule has 0 saturated heterocycles. The maximum Gasteiger partial charge on any atom is 0.379 e. The van der Waals surface area contributed by atoms with Gasteiger partial charge >= 0.3 is 5.97 Å². The lowest BCUT2D eigenvalue weighted by Crippen LogP contribution is -2.41. The topological polar surface area (TPSA) is 98.5 Å². The first-order valence-electron chi connectivity index (χ1n) is 9.60. The molecule has 1 amide bonds. The summed E-state index contributed by atoms with van der Waals surface area (Å²) in [6, 6.07) is 11.9. The quantitative estimate of drug-likeness (QED) is 0.617. The second kappa shape index (κ2) is 8.81. The number of aryl methyl sites for hydroxylation is 3. The van der Waals surface area contributed by atoms with Crippen molar-refractivity contribution in [1.29, 1.82) is 0 Å². The number of aromatic nitrogens is 4. The summed E-state index contributed by atoms with van der Waals surface area (Å²) in [5.74, 6) is -0.913. The lowest BCUT2D eigenvalue weighted by molar-refractivity contribution is -0.129. The molecule has 0 aliphatic rings. The van der Waals surface area contributed by atoms with Crippen LogP contribution in [-0.2, 0) is 16.0 Å². The minimum atomic E-state index is -0.955. The van der Waals surface area contributed by atoms with E-state index in [9.17, 15) is 9.59 Å². The summed E-state index contributed by atoms with van der Waals surface area (Å²) in [7, 11) is 0. The van der Waals surface area contributed by atoms with Crippen LogP contribution in [0.5, 0.6) is 0 Å². The van der Waals surface area contributed by atoms with E-state index in [1.165, 1.54) is 17.0 Å². The number of nitrogens with zero attached hydrogens (tertiary/aromatic N) is 4. The highest BCUT2D eigenvalue weighted by atomic mass is 16.5. The molecule has 2 heterocycles. The van der Waals surface area contributed by atoms with Crippen LogP contribution in [0.15, 0.2) is 36.4 Å². The first-order chi connectivity index (χ1) is 13.8. The molecule has 2 aromatic heterocycles. The van der Waals surface area contributed by atoms with Gasteiger partial charge < -0.3 is 10.1 Å². The zero-order chi connectivity index (χ0) is 21.0.